The summed E-state index contributed by atoms with van der Waals surface area (Å²) in [4.78, 5) is 26.6. The maximum atomic E-state index is 12.2. The largest absolute Gasteiger partial charge is 0.343 e. The highest BCUT2D eigenvalue weighted by Crippen LogP contribution is 2.21. The Kier molecular flexibility index (Phi) is 4.65. The molecule has 0 saturated heterocycles. The molecule has 0 aliphatic rings. The van der Waals surface area contributed by atoms with Gasteiger partial charge in [0, 0.05) is 27.3 Å². The van der Waals surface area contributed by atoms with Crippen LogP contribution in [0.5, 0.6) is 0 Å². The molecule has 1 amide bonds. The highest BCUT2D eigenvalue weighted by Gasteiger charge is 2.18. The number of thiazole rings is 1. The van der Waals surface area contributed by atoms with Gasteiger partial charge in [0.1, 0.15) is 5.01 Å². The maximum absolute atomic E-state index is 12.2. The smallest absolute Gasteiger partial charge is 0.270 e. The molecule has 2 aromatic rings. The summed E-state index contributed by atoms with van der Waals surface area (Å²) >= 11 is 3.42. The number of benzene rings is 1. The van der Waals surface area contributed by atoms with Crippen LogP contribution in [0, 0.1) is 13.7 Å². The molecule has 1 N–H and O–H groups in total. The summed E-state index contributed by atoms with van der Waals surface area (Å²) in [6, 6.07) is 3.98. The van der Waals surface area contributed by atoms with E-state index in [0.29, 0.717) is 9.13 Å². The molecule has 1 aromatic carbocycles. The Balaban J connectivity index is 2.20. The summed E-state index contributed by atoms with van der Waals surface area (Å²) in [6.07, 6.45) is 1.67. The Labute approximate surface area is 132 Å². The third kappa shape index (κ3) is 3.31. The summed E-state index contributed by atoms with van der Waals surface area (Å²) < 4.78 is 0.664. The molecule has 0 aliphatic carbocycles. The number of nitro benzene ring substituents is 1. The average Bonchev–Trinajstić information content (AvgIpc) is 2.92. The summed E-state index contributed by atoms with van der Waals surface area (Å²) in [5.74, 6) is -0.346. The van der Waals surface area contributed by atoms with Gasteiger partial charge >= 0.3 is 0 Å². The monoisotopic (exact) mass is 403 g/mol. The molecule has 1 unspecified atom stereocenters. The summed E-state index contributed by atoms with van der Waals surface area (Å²) in [7, 11) is 0. The minimum absolute atomic E-state index is 0.0996. The Morgan fingerprint density at radius 1 is 1.55 bits per heavy atom. The van der Waals surface area contributed by atoms with Crippen LogP contribution in [0.1, 0.15) is 28.3 Å². The SMILES string of the molecule is CC(NC(=O)c1cc([N+](=O)[O-])ccc1I)c1nccs1. The molecule has 20 heavy (non-hydrogen) atoms. The quantitative estimate of drug-likeness (QED) is 0.483. The minimum Gasteiger partial charge on any atom is -0.343 e. The van der Waals surface area contributed by atoms with Gasteiger partial charge < -0.3 is 5.32 Å². The molecular formula is C12H10IN3O3S. The third-order valence-corrected chi connectivity index (χ3v) is 4.47. The lowest BCUT2D eigenvalue weighted by molar-refractivity contribution is -0.384. The molecule has 0 radical (unpaired) electrons. The predicted molar refractivity (Wildman–Crippen MR) is 83.8 cm³/mol. The van der Waals surface area contributed by atoms with Crippen molar-refractivity contribution >= 4 is 45.5 Å². The molecule has 0 saturated carbocycles. The Morgan fingerprint density at radius 3 is 2.90 bits per heavy atom. The molecule has 1 atom stereocenters. The fraction of sp³-hybridized carbons (Fsp3) is 0.167. The molecule has 6 nitrogen and oxygen atoms in total. The second kappa shape index (κ2) is 6.27. The number of nitrogens with zero attached hydrogens (tertiary/aromatic N) is 2. The first-order valence-electron chi connectivity index (χ1n) is 5.63. The van der Waals surface area contributed by atoms with E-state index in [1.807, 2.05) is 34.9 Å². The van der Waals surface area contributed by atoms with E-state index in [0.717, 1.165) is 5.01 Å². The van der Waals surface area contributed by atoms with Gasteiger partial charge in [0.15, 0.2) is 0 Å². The van der Waals surface area contributed by atoms with Crippen molar-refractivity contribution < 1.29 is 9.72 Å². The summed E-state index contributed by atoms with van der Waals surface area (Å²) in [5.41, 5.74) is 0.195. The van der Waals surface area contributed by atoms with Crippen LogP contribution >= 0.6 is 33.9 Å². The van der Waals surface area contributed by atoms with Crippen LogP contribution in [0.4, 0.5) is 5.69 Å². The molecule has 0 spiro atoms. The number of carbonyl (C=O) groups is 1. The van der Waals surface area contributed by atoms with Crippen LogP contribution in [0.3, 0.4) is 0 Å². The standard InChI is InChI=1S/C12H10IN3O3S/c1-7(12-14-4-5-20-12)15-11(17)9-6-8(16(18)19)2-3-10(9)13/h2-7H,1H3,(H,15,17). The van der Waals surface area contributed by atoms with Crippen LogP contribution in [0.2, 0.25) is 0 Å². The van der Waals surface area contributed by atoms with E-state index in [-0.39, 0.29) is 17.6 Å². The number of nitrogens with one attached hydrogen (secondary N) is 1. The van der Waals surface area contributed by atoms with E-state index in [9.17, 15) is 14.9 Å². The number of aromatic nitrogens is 1. The van der Waals surface area contributed by atoms with Gasteiger partial charge in [0.05, 0.1) is 16.5 Å². The number of rotatable bonds is 4. The Bertz CT molecular complexity index is 645. The van der Waals surface area contributed by atoms with E-state index in [2.05, 4.69) is 10.3 Å². The number of halogens is 1. The highest BCUT2D eigenvalue weighted by molar-refractivity contribution is 14.1. The zero-order valence-corrected chi connectivity index (χ0v) is 13.3. The fourth-order valence-corrected chi connectivity index (χ4v) is 2.81. The number of non-ortho nitro benzene ring substituents is 1. The van der Waals surface area contributed by atoms with Gasteiger partial charge in [0.25, 0.3) is 11.6 Å². The lowest BCUT2D eigenvalue weighted by Gasteiger charge is -2.12. The van der Waals surface area contributed by atoms with Crippen LogP contribution in [-0.2, 0) is 0 Å². The first kappa shape index (κ1) is 14.9. The van der Waals surface area contributed by atoms with Gasteiger partial charge in [-0.3, -0.25) is 14.9 Å². The number of amides is 1. The lowest BCUT2D eigenvalue weighted by Crippen LogP contribution is -2.27. The normalized spacial score (nSPS) is 11.9. The van der Waals surface area contributed by atoms with Gasteiger partial charge in [0.2, 0.25) is 0 Å². The first-order chi connectivity index (χ1) is 9.49. The average molecular weight is 403 g/mol. The Morgan fingerprint density at radius 2 is 2.30 bits per heavy atom. The van der Waals surface area contributed by atoms with Crippen molar-refractivity contribution in [3.05, 3.63) is 54.0 Å². The molecule has 2 rings (SSSR count). The molecule has 0 fully saturated rings. The van der Waals surface area contributed by atoms with E-state index in [1.165, 1.54) is 23.5 Å². The number of hydrogen-bond acceptors (Lipinski definition) is 5. The summed E-state index contributed by atoms with van der Waals surface area (Å²) in [5, 5.41) is 16.2. The van der Waals surface area contributed by atoms with Crippen LogP contribution in [-0.4, -0.2) is 15.8 Å². The topological polar surface area (TPSA) is 85.1 Å². The maximum Gasteiger partial charge on any atom is 0.270 e. The molecule has 8 heteroatoms. The van der Waals surface area contributed by atoms with Gasteiger partial charge in [-0.05, 0) is 35.6 Å². The van der Waals surface area contributed by atoms with Gasteiger partial charge in [-0.25, -0.2) is 4.98 Å². The van der Waals surface area contributed by atoms with Crippen molar-refractivity contribution in [1.29, 1.82) is 0 Å². The summed E-state index contributed by atoms with van der Waals surface area (Å²) in [6.45, 7) is 1.82. The van der Waals surface area contributed by atoms with Crippen molar-refractivity contribution in [3.8, 4) is 0 Å². The molecule has 1 aromatic heterocycles. The molecule has 0 bridgehead atoms. The van der Waals surface area contributed by atoms with E-state index >= 15 is 0 Å². The van der Waals surface area contributed by atoms with Crippen molar-refractivity contribution in [1.82, 2.24) is 10.3 Å². The van der Waals surface area contributed by atoms with E-state index in [1.54, 1.807) is 12.3 Å². The second-order valence-corrected chi connectivity index (χ2v) is 6.08. The zero-order valence-electron chi connectivity index (χ0n) is 10.4. The molecule has 1 heterocycles. The van der Waals surface area contributed by atoms with Gasteiger partial charge in [-0.15, -0.1) is 11.3 Å². The van der Waals surface area contributed by atoms with Crippen molar-refractivity contribution in [3.63, 3.8) is 0 Å². The number of hydrogen-bond donors (Lipinski definition) is 1. The first-order valence-corrected chi connectivity index (χ1v) is 7.59. The van der Waals surface area contributed by atoms with Gasteiger partial charge in [-0.1, -0.05) is 0 Å². The minimum atomic E-state index is -0.517. The van der Waals surface area contributed by atoms with Crippen molar-refractivity contribution in [2.45, 2.75) is 13.0 Å². The number of nitro groups is 1. The molecular weight excluding hydrogens is 393 g/mol. The third-order valence-electron chi connectivity index (χ3n) is 2.57. The van der Waals surface area contributed by atoms with Crippen LogP contribution in [0.25, 0.3) is 0 Å². The van der Waals surface area contributed by atoms with Crippen LogP contribution < -0.4 is 5.32 Å². The van der Waals surface area contributed by atoms with Crippen molar-refractivity contribution in [2.75, 3.05) is 0 Å². The molecule has 0 aliphatic heterocycles. The van der Waals surface area contributed by atoms with E-state index < -0.39 is 4.92 Å². The lowest BCUT2D eigenvalue weighted by atomic mass is 10.2. The zero-order chi connectivity index (χ0) is 14.7. The highest BCUT2D eigenvalue weighted by atomic mass is 127. The molecule has 104 valence electrons. The van der Waals surface area contributed by atoms with E-state index in [4.69, 9.17) is 0 Å². The fourth-order valence-electron chi connectivity index (χ4n) is 1.59. The van der Waals surface area contributed by atoms with Crippen LogP contribution in [0.15, 0.2) is 29.8 Å². The second-order valence-electron chi connectivity index (χ2n) is 3.99. The van der Waals surface area contributed by atoms with Gasteiger partial charge in [-0.2, -0.15) is 0 Å². The Hall–Kier alpha value is -1.55. The van der Waals surface area contributed by atoms with Crippen molar-refractivity contribution in [2.24, 2.45) is 0 Å². The predicted octanol–water partition coefficient (Wildman–Crippen LogP) is 3.15. The number of carbonyl (C=O) groups excluding carboxylic acids is 1.